The molecule has 0 amide bonds. The average molecular weight is 308 g/mol. The summed E-state index contributed by atoms with van der Waals surface area (Å²) in [6.07, 6.45) is 0. The van der Waals surface area contributed by atoms with Gasteiger partial charge in [0.25, 0.3) is 10.0 Å². The van der Waals surface area contributed by atoms with E-state index in [1.54, 1.807) is 29.3 Å². The summed E-state index contributed by atoms with van der Waals surface area (Å²) in [6, 6.07) is 6.68. The Morgan fingerprint density at radius 2 is 1.90 bits per heavy atom. The maximum Gasteiger partial charge on any atom is 0.254 e. The quantitative estimate of drug-likeness (QED) is 0.732. The molecule has 1 heterocycles. The van der Waals surface area contributed by atoms with Crippen LogP contribution in [0.3, 0.4) is 0 Å². The first-order valence-electron chi connectivity index (χ1n) is 6.77. The van der Waals surface area contributed by atoms with Crippen molar-refractivity contribution in [1.82, 2.24) is 14.7 Å². The van der Waals surface area contributed by atoms with Gasteiger partial charge in [0.05, 0.1) is 11.4 Å². The number of rotatable bonds is 3. The van der Waals surface area contributed by atoms with Gasteiger partial charge in [-0.3, -0.25) is 0 Å². The zero-order valence-corrected chi connectivity index (χ0v) is 12.9. The molecular formula is C14H20N4O2S. The van der Waals surface area contributed by atoms with Crippen LogP contribution in [-0.4, -0.2) is 58.1 Å². The normalized spacial score (nSPS) is 17.2. The van der Waals surface area contributed by atoms with Crippen molar-refractivity contribution < 1.29 is 8.42 Å². The Balaban J connectivity index is 2.20. The number of likely N-dealkylation sites (N-methyl/N-ethyl adjacent to an activating group) is 1. The van der Waals surface area contributed by atoms with E-state index in [1.807, 2.05) is 7.05 Å². The maximum absolute atomic E-state index is 12.5. The summed E-state index contributed by atoms with van der Waals surface area (Å²) in [5.41, 5.74) is 5.81. The highest BCUT2D eigenvalue weighted by atomic mass is 32.2. The lowest BCUT2D eigenvalue weighted by atomic mass is 10.2. The van der Waals surface area contributed by atoms with Gasteiger partial charge in [0.1, 0.15) is 0 Å². The van der Waals surface area contributed by atoms with Gasteiger partial charge in [-0.2, -0.15) is 0 Å². The van der Waals surface area contributed by atoms with Crippen molar-refractivity contribution >= 4 is 10.0 Å². The molecule has 0 atom stereocenters. The second-order valence-electron chi connectivity index (χ2n) is 4.89. The smallest absolute Gasteiger partial charge is 0.254 e. The maximum atomic E-state index is 12.5. The topological polar surface area (TPSA) is 78.7 Å². The number of sulfonamides is 1. The average Bonchev–Trinajstić information content (AvgIpc) is 2.47. The number of nitrogens with zero attached hydrogens (tertiary/aromatic N) is 2. The van der Waals surface area contributed by atoms with Gasteiger partial charge in [0, 0.05) is 31.7 Å². The molecule has 0 aliphatic carbocycles. The molecule has 1 aliphatic heterocycles. The predicted molar refractivity (Wildman–Crippen MR) is 81.8 cm³/mol. The fourth-order valence-corrected chi connectivity index (χ4v) is 3.35. The predicted octanol–water partition coefficient (Wildman–Crippen LogP) is -0.562. The molecule has 1 aromatic carbocycles. The third-order valence-corrected chi connectivity index (χ3v) is 4.69. The summed E-state index contributed by atoms with van der Waals surface area (Å²) in [5.74, 6) is 5.49. The molecule has 0 spiro atoms. The van der Waals surface area contributed by atoms with Gasteiger partial charge in [-0.15, -0.1) is 4.83 Å². The Bertz CT molecular complexity index is 640. The van der Waals surface area contributed by atoms with Crippen LogP contribution in [0.1, 0.15) is 5.56 Å². The molecular weight excluding hydrogens is 288 g/mol. The molecule has 7 heteroatoms. The summed E-state index contributed by atoms with van der Waals surface area (Å²) in [5, 5.41) is 1.72. The van der Waals surface area contributed by atoms with Crippen LogP contribution in [0.4, 0.5) is 0 Å². The number of nitrogens with two attached hydrogens (primary N) is 1. The van der Waals surface area contributed by atoms with Crippen molar-refractivity contribution in [3.05, 3.63) is 29.8 Å². The largest absolute Gasteiger partial charge is 0.320 e. The van der Waals surface area contributed by atoms with Crippen LogP contribution in [0.15, 0.2) is 29.2 Å². The highest BCUT2D eigenvalue weighted by Crippen LogP contribution is 2.15. The van der Waals surface area contributed by atoms with E-state index < -0.39 is 10.0 Å². The van der Waals surface area contributed by atoms with Gasteiger partial charge in [0.15, 0.2) is 0 Å². The summed E-state index contributed by atoms with van der Waals surface area (Å²) in [6.45, 7) is 3.17. The van der Waals surface area contributed by atoms with Gasteiger partial charge in [-0.05, 0) is 19.2 Å². The van der Waals surface area contributed by atoms with Crippen molar-refractivity contribution in [2.24, 2.45) is 5.73 Å². The molecule has 21 heavy (non-hydrogen) atoms. The Labute approximate surface area is 125 Å². The van der Waals surface area contributed by atoms with Gasteiger partial charge in [-0.25, -0.2) is 13.4 Å². The zero-order chi connectivity index (χ0) is 15.3. The van der Waals surface area contributed by atoms with Gasteiger partial charge in [-0.1, -0.05) is 24.0 Å². The molecule has 0 bridgehead atoms. The Kier molecular flexibility index (Phi) is 5.33. The van der Waals surface area contributed by atoms with Gasteiger partial charge in [0.2, 0.25) is 0 Å². The highest BCUT2D eigenvalue weighted by Gasteiger charge is 2.23. The molecule has 0 saturated carbocycles. The molecule has 0 aromatic heterocycles. The third-order valence-electron chi connectivity index (χ3n) is 3.25. The lowest BCUT2D eigenvalue weighted by Crippen LogP contribution is -2.52. The SMILES string of the molecule is CN1CCN(NS(=O)(=O)c2ccccc2C#CCN)CC1. The Hall–Kier alpha value is -1.43. The summed E-state index contributed by atoms with van der Waals surface area (Å²) in [4.78, 5) is 4.97. The second-order valence-corrected chi connectivity index (χ2v) is 6.52. The van der Waals surface area contributed by atoms with Crippen LogP contribution in [0.25, 0.3) is 0 Å². The second kappa shape index (κ2) is 7.02. The fourth-order valence-electron chi connectivity index (χ4n) is 2.07. The van der Waals surface area contributed by atoms with Crippen molar-refractivity contribution in [1.29, 1.82) is 0 Å². The summed E-state index contributed by atoms with van der Waals surface area (Å²) >= 11 is 0. The monoisotopic (exact) mass is 308 g/mol. The van der Waals surface area contributed by atoms with Crippen LogP contribution >= 0.6 is 0 Å². The lowest BCUT2D eigenvalue weighted by Gasteiger charge is -2.32. The Morgan fingerprint density at radius 1 is 1.24 bits per heavy atom. The van der Waals surface area contributed by atoms with E-state index in [1.165, 1.54) is 0 Å². The molecule has 2 rings (SSSR count). The van der Waals surface area contributed by atoms with E-state index in [2.05, 4.69) is 21.6 Å². The van der Waals surface area contributed by atoms with E-state index in [0.717, 1.165) is 13.1 Å². The zero-order valence-electron chi connectivity index (χ0n) is 12.0. The first-order valence-corrected chi connectivity index (χ1v) is 8.25. The van der Waals surface area contributed by atoms with E-state index in [9.17, 15) is 8.42 Å². The van der Waals surface area contributed by atoms with E-state index in [0.29, 0.717) is 18.7 Å². The highest BCUT2D eigenvalue weighted by molar-refractivity contribution is 7.89. The lowest BCUT2D eigenvalue weighted by molar-refractivity contribution is 0.135. The number of hydrogen-bond acceptors (Lipinski definition) is 5. The van der Waals surface area contributed by atoms with Crippen molar-refractivity contribution in [3.8, 4) is 11.8 Å². The minimum atomic E-state index is -3.62. The standard InChI is InChI=1S/C14H20N4O2S/c1-17-9-11-18(12-10-17)16-21(19,20)14-7-3-2-5-13(14)6-4-8-15/h2-3,5,7,16H,8-12,15H2,1H3. The van der Waals surface area contributed by atoms with Crippen molar-refractivity contribution in [3.63, 3.8) is 0 Å². The van der Waals surface area contributed by atoms with E-state index in [-0.39, 0.29) is 11.4 Å². The molecule has 0 radical (unpaired) electrons. The molecule has 114 valence electrons. The summed E-state index contributed by atoms with van der Waals surface area (Å²) in [7, 11) is -1.61. The van der Waals surface area contributed by atoms with Crippen molar-refractivity contribution in [2.45, 2.75) is 4.90 Å². The molecule has 1 fully saturated rings. The summed E-state index contributed by atoms with van der Waals surface area (Å²) < 4.78 is 25.0. The number of piperazine rings is 1. The van der Waals surface area contributed by atoms with Crippen LogP contribution in [0.2, 0.25) is 0 Å². The molecule has 1 saturated heterocycles. The number of hydrazine groups is 1. The van der Waals surface area contributed by atoms with Crippen LogP contribution in [0, 0.1) is 11.8 Å². The number of hydrogen-bond donors (Lipinski definition) is 2. The van der Waals surface area contributed by atoms with Crippen LogP contribution < -0.4 is 10.6 Å². The van der Waals surface area contributed by atoms with Crippen molar-refractivity contribution in [2.75, 3.05) is 39.8 Å². The Morgan fingerprint density at radius 3 is 2.57 bits per heavy atom. The first-order chi connectivity index (χ1) is 10.0. The van der Waals surface area contributed by atoms with Gasteiger partial charge < -0.3 is 10.6 Å². The van der Waals surface area contributed by atoms with Crippen LogP contribution in [-0.2, 0) is 10.0 Å². The molecule has 6 nitrogen and oxygen atoms in total. The minimum Gasteiger partial charge on any atom is -0.320 e. The molecule has 0 unspecified atom stereocenters. The third kappa shape index (κ3) is 4.27. The molecule has 3 N–H and O–H groups in total. The van der Waals surface area contributed by atoms with Crippen LogP contribution in [0.5, 0.6) is 0 Å². The molecule has 1 aliphatic rings. The first kappa shape index (κ1) is 15.9. The number of benzene rings is 1. The van der Waals surface area contributed by atoms with Gasteiger partial charge >= 0.3 is 0 Å². The number of nitrogens with one attached hydrogen (secondary N) is 1. The molecule has 1 aromatic rings. The van der Waals surface area contributed by atoms with E-state index in [4.69, 9.17) is 5.73 Å². The minimum absolute atomic E-state index is 0.185. The van der Waals surface area contributed by atoms with E-state index >= 15 is 0 Å². The fraction of sp³-hybridized carbons (Fsp3) is 0.429.